The summed E-state index contributed by atoms with van der Waals surface area (Å²) in [7, 11) is 0. The third-order valence-corrected chi connectivity index (χ3v) is 2.27. The molecule has 0 aliphatic heterocycles. The number of ether oxygens (including phenoxy) is 1. The van der Waals surface area contributed by atoms with E-state index in [0.29, 0.717) is 0 Å². The molecule has 1 aromatic rings. The SMILES string of the molecule is CCOC(=O)CC=Cc1cc(N)ccc1C(F)(F)F. The van der Waals surface area contributed by atoms with Crippen LogP contribution in [0, 0.1) is 0 Å². The van der Waals surface area contributed by atoms with Crippen molar-refractivity contribution in [2.24, 2.45) is 0 Å². The van der Waals surface area contributed by atoms with E-state index in [1.807, 2.05) is 0 Å². The Morgan fingerprint density at radius 2 is 2.11 bits per heavy atom. The number of hydrogen-bond acceptors (Lipinski definition) is 3. The molecule has 0 saturated heterocycles. The number of halogens is 3. The normalized spacial score (nSPS) is 11.8. The molecule has 0 saturated carbocycles. The van der Waals surface area contributed by atoms with Crippen LogP contribution >= 0.6 is 0 Å². The molecular weight excluding hydrogens is 259 g/mol. The van der Waals surface area contributed by atoms with Crippen molar-refractivity contribution in [1.82, 2.24) is 0 Å². The lowest BCUT2D eigenvalue weighted by atomic mass is 10.1. The molecular formula is C13H14F3NO2. The molecule has 0 aliphatic rings. The van der Waals surface area contributed by atoms with E-state index in [1.54, 1.807) is 6.92 Å². The first-order valence-corrected chi connectivity index (χ1v) is 5.63. The summed E-state index contributed by atoms with van der Waals surface area (Å²) in [4.78, 5) is 11.1. The lowest BCUT2D eigenvalue weighted by Crippen LogP contribution is -2.07. The fourth-order valence-electron chi connectivity index (χ4n) is 1.48. The summed E-state index contributed by atoms with van der Waals surface area (Å²) in [5.41, 5.74) is 4.82. The third-order valence-electron chi connectivity index (χ3n) is 2.27. The number of esters is 1. The van der Waals surface area contributed by atoms with Crippen molar-refractivity contribution < 1.29 is 22.7 Å². The van der Waals surface area contributed by atoms with Crippen LogP contribution in [0.25, 0.3) is 6.08 Å². The number of nitrogen functional groups attached to an aromatic ring is 1. The average molecular weight is 273 g/mol. The first kappa shape index (κ1) is 15.1. The number of anilines is 1. The highest BCUT2D eigenvalue weighted by Crippen LogP contribution is 2.33. The predicted octanol–water partition coefficient (Wildman–Crippen LogP) is 3.25. The molecule has 0 radical (unpaired) electrons. The highest BCUT2D eigenvalue weighted by atomic mass is 19.4. The standard InChI is InChI=1S/C13H14F3NO2/c1-2-19-12(18)5-3-4-9-8-10(17)6-7-11(9)13(14,15)16/h3-4,6-8H,2,5,17H2,1H3. The minimum absolute atomic E-state index is 0.0724. The number of benzene rings is 1. The fourth-order valence-corrected chi connectivity index (χ4v) is 1.48. The van der Waals surface area contributed by atoms with Gasteiger partial charge in [-0.25, -0.2) is 0 Å². The highest BCUT2D eigenvalue weighted by molar-refractivity contribution is 5.73. The van der Waals surface area contributed by atoms with E-state index in [1.165, 1.54) is 24.3 Å². The smallest absolute Gasteiger partial charge is 0.416 e. The van der Waals surface area contributed by atoms with Gasteiger partial charge in [-0.3, -0.25) is 4.79 Å². The van der Waals surface area contributed by atoms with E-state index in [-0.39, 0.29) is 24.3 Å². The Hall–Kier alpha value is -1.98. The first-order chi connectivity index (χ1) is 8.84. The van der Waals surface area contributed by atoms with Crippen molar-refractivity contribution >= 4 is 17.7 Å². The van der Waals surface area contributed by atoms with Gasteiger partial charge in [-0.1, -0.05) is 12.2 Å². The average Bonchev–Trinajstić information content (AvgIpc) is 2.27. The minimum Gasteiger partial charge on any atom is -0.466 e. The molecule has 6 heteroatoms. The van der Waals surface area contributed by atoms with Gasteiger partial charge in [-0.2, -0.15) is 13.2 Å². The van der Waals surface area contributed by atoms with Gasteiger partial charge in [0.25, 0.3) is 0 Å². The Kier molecular flexibility index (Phi) is 4.97. The number of hydrogen-bond donors (Lipinski definition) is 1. The molecule has 0 aromatic heterocycles. The molecule has 0 spiro atoms. The zero-order chi connectivity index (χ0) is 14.5. The fraction of sp³-hybridized carbons (Fsp3) is 0.308. The van der Waals surface area contributed by atoms with Crippen LogP contribution in [0.1, 0.15) is 24.5 Å². The van der Waals surface area contributed by atoms with Gasteiger partial charge in [0.1, 0.15) is 0 Å². The van der Waals surface area contributed by atoms with Crippen LogP contribution < -0.4 is 5.73 Å². The van der Waals surface area contributed by atoms with Gasteiger partial charge in [0.2, 0.25) is 0 Å². The summed E-state index contributed by atoms with van der Waals surface area (Å²) in [5, 5.41) is 0. The van der Waals surface area contributed by atoms with Crippen molar-refractivity contribution in [2.75, 3.05) is 12.3 Å². The minimum atomic E-state index is -4.46. The molecule has 1 rings (SSSR count). The van der Waals surface area contributed by atoms with E-state index in [4.69, 9.17) is 5.73 Å². The van der Waals surface area contributed by atoms with Gasteiger partial charge in [0.15, 0.2) is 0 Å². The Labute approximate surface area is 108 Å². The number of alkyl halides is 3. The number of carbonyl (C=O) groups excluding carboxylic acids is 1. The molecule has 0 bridgehead atoms. The first-order valence-electron chi connectivity index (χ1n) is 5.63. The molecule has 0 unspecified atom stereocenters. The van der Waals surface area contributed by atoms with Gasteiger partial charge >= 0.3 is 12.1 Å². The van der Waals surface area contributed by atoms with Gasteiger partial charge < -0.3 is 10.5 Å². The third kappa shape index (κ3) is 4.65. The second-order valence-corrected chi connectivity index (χ2v) is 3.76. The van der Waals surface area contributed by atoms with Crippen molar-refractivity contribution in [3.63, 3.8) is 0 Å². The second-order valence-electron chi connectivity index (χ2n) is 3.76. The van der Waals surface area contributed by atoms with Crippen LogP contribution in [0.2, 0.25) is 0 Å². The topological polar surface area (TPSA) is 52.3 Å². The summed E-state index contributed by atoms with van der Waals surface area (Å²) in [6, 6.07) is 3.31. The largest absolute Gasteiger partial charge is 0.466 e. The Balaban J connectivity index is 2.90. The van der Waals surface area contributed by atoms with Gasteiger partial charge in [-0.05, 0) is 30.7 Å². The Morgan fingerprint density at radius 1 is 1.42 bits per heavy atom. The highest BCUT2D eigenvalue weighted by Gasteiger charge is 2.32. The van der Waals surface area contributed by atoms with Crippen molar-refractivity contribution in [1.29, 1.82) is 0 Å². The van der Waals surface area contributed by atoms with Gasteiger partial charge in [-0.15, -0.1) is 0 Å². The molecule has 0 aliphatic carbocycles. The van der Waals surface area contributed by atoms with Crippen LogP contribution in [-0.2, 0) is 15.7 Å². The van der Waals surface area contributed by atoms with E-state index in [0.717, 1.165) is 6.07 Å². The van der Waals surface area contributed by atoms with Crippen molar-refractivity contribution in [3.8, 4) is 0 Å². The van der Waals surface area contributed by atoms with E-state index in [2.05, 4.69) is 4.74 Å². The molecule has 3 nitrogen and oxygen atoms in total. The Bertz CT molecular complexity index is 481. The molecule has 104 valence electrons. The van der Waals surface area contributed by atoms with E-state index in [9.17, 15) is 18.0 Å². The Morgan fingerprint density at radius 3 is 2.68 bits per heavy atom. The summed E-state index contributed by atoms with van der Waals surface area (Å²) in [6.45, 7) is 1.89. The van der Waals surface area contributed by atoms with Crippen molar-refractivity contribution in [2.45, 2.75) is 19.5 Å². The molecule has 0 amide bonds. The molecule has 0 atom stereocenters. The molecule has 19 heavy (non-hydrogen) atoms. The zero-order valence-corrected chi connectivity index (χ0v) is 10.3. The van der Waals surface area contributed by atoms with Crippen LogP contribution in [0.3, 0.4) is 0 Å². The van der Waals surface area contributed by atoms with Gasteiger partial charge in [0, 0.05) is 5.69 Å². The zero-order valence-electron chi connectivity index (χ0n) is 10.3. The maximum atomic E-state index is 12.7. The molecule has 2 N–H and O–H groups in total. The van der Waals surface area contributed by atoms with E-state index < -0.39 is 17.7 Å². The van der Waals surface area contributed by atoms with Crippen LogP contribution in [0.4, 0.5) is 18.9 Å². The predicted molar refractivity (Wildman–Crippen MR) is 66.1 cm³/mol. The number of rotatable bonds is 4. The monoisotopic (exact) mass is 273 g/mol. The van der Waals surface area contributed by atoms with Gasteiger partial charge in [0.05, 0.1) is 18.6 Å². The van der Waals surface area contributed by atoms with Crippen LogP contribution in [-0.4, -0.2) is 12.6 Å². The summed E-state index contributed by atoms with van der Waals surface area (Å²) >= 11 is 0. The molecule has 0 fully saturated rings. The molecule has 1 aromatic carbocycles. The quantitative estimate of drug-likeness (QED) is 0.676. The summed E-state index contributed by atoms with van der Waals surface area (Å²) in [5.74, 6) is -0.490. The number of nitrogens with two attached hydrogens (primary N) is 1. The lowest BCUT2D eigenvalue weighted by molar-refractivity contribution is -0.142. The summed E-state index contributed by atoms with van der Waals surface area (Å²) < 4.78 is 42.8. The maximum absolute atomic E-state index is 12.7. The molecule has 0 heterocycles. The van der Waals surface area contributed by atoms with Crippen LogP contribution in [0.5, 0.6) is 0 Å². The van der Waals surface area contributed by atoms with Crippen LogP contribution in [0.15, 0.2) is 24.3 Å². The second kappa shape index (κ2) is 6.26. The lowest BCUT2D eigenvalue weighted by Gasteiger charge is -2.10. The van der Waals surface area contributed by atoms with E-state index >= 15 is 0 Å². The van der Waals surface area contributed by atoms with Crippen molar-refractivity contribution in [3.05, 3.63) is 35.4 Å². The maximum Gasteiger partial charge on any atom is 0.416 e. The summed E-state index contributed by atoms with van der Waals surface area (Å²) in [6.07, 6.45) is -2.00. The number of carbonyl (C=O) groups is 1.